The number of nitrogens with two attached hydrogens (primary N) is 1. The van der Waals surface area contributed by atoms with E-state index in [1.54, 1.807) is 31.2 Å². The number of halogens is 1. The van der Waals surface area contributed by atoms with E-state index < -0.39 is 11.9 Å². The van der Waals surface area contributed by atoms with Gasteiger partial charge in [0.15, 0.2) is 11.5 Å². The van der Waals surface area contributed by atoms with Crippen LogP contribution in [0.2, 0.25) is 5.02 Å². The third-order valence-corrected chi connectivity index (χ3v) is 6.46. The van der Waals surface area contributed by atoms with Gasteiger partial charge in [0.1, 0.15) is 11.3 Å². The molecule has 1 aliphatic rings. The Kier molecular flexibility index (Phi) is 8.79. The maximum Gasteiger partial charge on any atom is 0.340 e. The van der Waals surface area contributed by atoms with Gasteiger partial charge in [-0.05, 0) is 48.9 Å². The predicted octanol–water partition coefficient (Wildman–Crippen LogP) is 4.78. The summed E-state index contributed by atoms with van der Waals surface area (Å²) in [5.41, 5.74) is 7.00. The number of hydrogen-bond donors (Lipinski definition) is 1. The standard InChI is InChI=1S/C25H25ClN2O6S/c1-5-33-25(29)22-21(14-10-18(30-2)23(32-4)19(11-14)31-3)17(12-27)20(34-24(22)28)13-35-16-8-6-15(26)7-9-16/h6-11,21H,5,13,28H2,1-4H3. The molecule has 3 rings (SSSR count). The van der Waals surface area contributed by atoms with E-state index in [4.69, 9.17) is 41.0 Å². The van der Waals surface area contributed by atoms with E-state index in [1.165, 1.54) is 33.1 Å². The third kappa shape index (κ3) is 5.61. The summed E-state index contributed by atoms with van der Waals surface area (Å²) in [6.07, 6.45) is 0. The van der Waals surface area contributed by atoms with Crippen molar-refractivity contribution in [1.82, 2.24) is 0 Å². The Hall–Kier alpha value is -3.48. The van der Waals surface area contributed by atoms with Gasteiger partial charge in [0, 0.05) is 9.92 Å². The molecule has 1 unspecified atom stereocenters. The number of thioether (sulfide) groups is 1. The lowest BCUT2D eigenvalue weighted by atomic mass is 9.83. The van der Waals surface area contributed by atoms with Gasteiger partial charge in [-0.15, -0.1) is 11.8 Å². The number of nitrogens with zero attached hydrogens (tertiary/aromatic N) is 1. The lowest BCUT2D eigenvalue weighted by molar-refractivity contribution is -0.139. The Balaban J connectivity index is 2.14. The van der Waals surface area contributed by atoms with Gasteiger partial charge in [0.25, 0.3) is 0 Å². The number of esters is 1. The molecule has 0 fully saturated rings. The normalized spacial score (nSPS) is 15.3. The summed E-state index contributed by atoms with van der Waals surface area (Å²) in [7, 11) is 4.45. The SMILES string of the molecule is CCOC(=O)C1=C(N)OC(CSc2ccc(Cl)cc2)=C(C#N)C1c1cc(OC)c(OC)c(OC)c1. The van der Waals surface area contributed by atoms with E-state index in [2.05, 4.69) is 6.07 Å². The van der Waals surface area contributed by atoms with Crippen LogP contribution in [-0.4, -0.2) is 39.7 Å². The Bertz CT molecular complexity index is 1180. The van der Waals surface area contributed by atoms with Gasteiger partial charge in [0.2, 0.25) is 11.6 Å². The van der Waals surface area contributed by atoms with Crippen LogP contribution in [0.3, 0.4) is 0 Å². The summed E-state index contributed by atoms with van der Waals surface area (Å²) in [6.45, 7) is 1.81. The maximum atomic E-state index is 12.9. The molecule has 0 saturated heterocycles. The average molecular weight is 517 g/mol. The first kappa shape index (κ1) is 26.1. The van der Waals surface area contributed by atoms with Crippen LogP contribution in [0.25, 0.3) is 0 Å². The van der Waals surface area contributed by atoms with Gasteiger partial charge < -0.3 is 29.4 Å². The number of carbonyl (C=O) groups excluding carboxylic acids is 1. The van der Waals surface area contributed by atoms with Crippen LogP contribution in [0.15, 0.2) is 64.1 Å². The number of ether oxygens (including phenoxy) is 5. The molecule has 184 valence electrons. The number of hydrogen-bond acceptors (Lipinski definition) is 9. The van der Waals surface area contributed by atoms with Crippen molar-refractivity contribution in [2.24, 2.45) is 5.73 Å². The molecule has 1 atom stereocenters. The van der Waals surface area contributed by atoms with Crippen LogP contribution in [-0.2, 0) is 14.3 Å². The molecule has 2 aromatic carbocycles. The van der Waals surface area contributed by atoms with Crippen LogP contribution in [0, 0.1) is 11.3 Å². The Morgan fingerprint density at radius 3 is 2.29 bits per heavy atom. The summed E-state index contributed by atoms with van der Waals surface area (Å²) >= 11 is 7.41. The molecule has 8 nitrogen and oxygen atoms in total. The minimum Gasteiger partial charge on any atom is -0.493 e. The highest BCUT2D eigenvalue weighted by atomic mass is 35.5. The molecule has 35 heavy (non-hydrogen) atoms. The number of nitriles is 1. The van der Waals surface area contributed by atoms with Crippen molar-refractivity contribution in [3.05, 3.63) is 69.8 Å². The van der Waals surface area contributed by atoms with Crippen LogP contribution < -0.4 is 19.9 Å². The van der Waals surface area contributed by atoms with E-state index >= 15 is 0 Å². The predicted molar refractivity (Wildman–Crippen MR) is 133 cm³/mol. The monoisotopic (exact) mass is 516 g/mol. The number of rotatable bonds is 9. The second kappa shape index (κ2) is 11.8. The highest BCUT2D eigenvalue weighted by molar-refractivity contribution is 7.99. The molecule has 2 aromatic rings. The fraction of sp³-hybridized carbons (Fsp3) is 0.280. The first-order valence-electron chi connectivity index (χ1n) is 10.5. The zero-order valence-corrected chi connectivity index (χ0v) is 21.3. The molecule has 0 radical (unpaired) electrons. The topological polar surface area (TPSA) is 113 Å². The van der Waals surface area contributed by atoms with Crippen molar-refractivity contribution in [3.63, 3.8) is 0 Å². The number of carbonyl (C=O) groups is 1. The fourth-order valence-electron chi connectivity index (χ4n) is 3.63. The summed E-state index contributed by atoms with van der Waals surface area (Å²) in [4.78, 5) is 13.8. The van der Waals surface area contributed by atoms with Crippen molar-refractivity contribution >= 4 is 29.3 Å². The first-order valence-corrected chi connectivity index (χ1v) is 11.9. The van der Waals surface area contributed by atoms with Gasteiger partial charge in [-0.3, -0.25) is 0 Å². The third-order valence-electron chi connectivity index (χ3n) is 5.20. The van der Waals surface area contributed by atoms with E-state index in [9.17, 15) is 10.1 Å². The van der Waals surface area contributed by atoms with Gasteiger partial charge >= 0.3 is 5.97 Å². The Morgan fingerprint density at radius 2 is 1.77 bits per heavy atom. The van der Waals surface area contributed by atoms with Crippen LogP contribution in [0.1, 0.15) is 18.4 Å². The molecule has 2 N–H and O–H groups in total. The van der Waals surface area contributed by atoms with E-state index in [-0.39, 0.29) is 23.6 Å². The highest BCUT2D eigenvalue weighted by Crippen LogP contribution is 2.46. The van der Waals surface area contributed by atoms with E-state index in [0.717, 1.165) is 4.90 Å². The molecule has 1 aliphatic heterocycles. The number of benzene rings is 2. The van der Waals surface area contributed by atoms with E-state index in [0.29, 0.717) is 39.3 Å². The smallest absolute Gasteiger partial charge is 0.340 e. The molecule has 0 amide bonds. The average Bonchev–Trinajstić information content (AvgIpc) is 2.86. The Morgan fingerprint density at radius 1 is 1.14 bits per heavy atom. The minimum atomic E-state index is -0.873. The molecule has 0 bridgehead atoms. The van der Waals surface area contributed by atoms with Crippen LogP contribution >= 0.6 is 23.4 Å². The molecule has 0 saturated carbocycles. The summed E-state index contributed by atoms with van der Waals surface area (Å²) in [5, 5.41) is 10.8. The van der Waals surface area contributed by atoms with Crippen molar-refractivity contribution in [2.75, 3.05) is 33.7 Å². The number of allylic oxidation sites excluding steroid dienone is 1. The zero-order valence-electron chi connectivity index (χ0n) is 19.7. The van der Waals surface area contributed by atoms with Crippen LogP contribution in [0.4, 0.5) is 0 Å². The first-order chi connectivity index (χ1) is 16.9. The zero-order chi connectivity index (χ0) is 25.5. The fourth-order valence-corrected chi connectivity index (χ4v) is 4.60. The largest absolute Gasteiger partial charge is 0.493 e. The van der Waals surface area contributed by atoms with Gasteiger partial charge in [-0.1, -0.05) is 11.6 Å². The molecule has 0 aromatic heterocycles. The van der Waals surface area contributed by atoms with Crippen molar-refractivity contribution in [3.8, 4) is 23.3 Å². The summed E-state index contributed by atoms with van der Waals surface area (Å²) in [5.74, 6) is 0.0470. The number of methoxy groups -OCH3 is 3. The van der Waals surface area contributed by atoms with Crippen LogP contribution in [0.5, 0.6) is 17.2 Å². The molecule has 0 aliphatic carbocycles. The molecule has 10 heteroatoms. The van der Waals surface area contributed by atoms with Crippen molar-refractivity contribution in [1.29, 1.82) is 5.26 Å². The molecular weight excluding hydrogens is 492 g/mol. The molecular formula is C25H25ClN2O6S. The highest BCUT2D eigenvalue weighted by Gasteiger charge is 2.38. The van der Waals surface area contributed by atoms with Gasteiger partial charge in [0.05, 0.1) is 51.2 Å². The van der Waals surface area contributed by atoms with Crippen molar-refractivity contribution in [2.45, 2.75) is 17.7 Å². The summed E-state index contributed by atoms with van der Waals surface area (Å²) < 4.78 is 27.4. The van der Waals surface area contributed by atoms with Gasteiger partial charge in [-0.2, -0.15) is 5.26 Å². The maximum absolute atomic E-state index is 12.9. The molecule has 1 heterocycles. The minimum absolute atomic E-state index is 0.0258. The molecule has 0 spiro atoms. The second-order valence-electron chi connectivity index (χ2n) is 7.18. The lowest BCUT2D eigenvalue weighted by Crippen LogP contribution is -2.27. The lowest BCUT2D eigenvalue weighted by Gasteiger charge is -2.28. The van der Waals surface area contributed by atoms with Crippen molar-refractivity contribution < 1.29 is 28.5 Å². The summed E-state index contributed by atoms with van der Waals surface area (Å²) in [6, 6.07) is 12.8. The quantitative estimate of drug-likeness (QED) is 0.371. The van der Waals surface area contributed by atoms with Gasteiger partial charge in [-0.25, -0.2) is 4.79 Å². The van der Waals surface area contributed by atoms with E-state index in [1.807, 2.05) is 12.1 Å². The second-order valence-corrected chi connectivity index (χ2v) is 8.67. The Labute approximate surface area is 213 Å².